The van der Waals surface area contributed by atoms with Gasteiger partial charge in [0.1, 0.15) is 24.0 Å². The standard InChI is InChI=1S/C21H24ClN5O10S/c1-9(28)34-8-13-16(35-10(2)29)21(4,37-11(3)30)19(36-13)26-7-12(27(32)33)15-17(23-14(31)6-22)24-20(38-5)25-18(15)26/h7,13,16,19H,6,8H2,1-5H3,(H,23,24,25,31)/t13-,16-,19?,21?/m1/s1. The Morgan fingerprint density at radius 2 is 1.92 bits per heavy atom. The van der Waals surface area contributed by atoms with Crippen molar-refractivity contribution in [3.63, 3.8) is 0 Å². The summed E-state index contributed by atoms with van der Waals surface area (Å²) in [5.41, 5.74) is -2.33. The summed E-state index contributed by atoms with van der Waals surface area (Å²) in [6.07, 6.45) is -1.07. The largest absolute Gasteiger partial charge is 0.463 e. The van der Waals surface area contributed by atoms with Gasteiger partial charge in [0, 0.05) is 20.8 Å². The van der Waals surface area contributed by atoms with E-state index in [9.17, 15) is 29.3 Å². The van der Waals surface area contributed by atoms with Gasteiger partial charge >= 0.3 is 17.9 Å². The van der Waals surface area contributed by atoms with Gasteiger partial charge in [-0.05, 0) is 13.2 Å². The van der Waals surface area contributed by atoms with Crippen molar-refractivity contribution in [2.24, 2.45) is 0 Å². The monoisotopic (exact) mass is 573 g/mol. The Bertz CT molecular complexity index is 1300. The minimum absolute atomic E-state index is 0.0565. The number of thioether (sulfide) groups is 1. The molecule has 0 bridgehead atoms. The highest BCUT2D eigenvalue weighted by Crippen LogP contribution is 2.46. The minimum Gasteiger partial charge on any atom is -0.463 e. The molecule has 0 spiro atoms. The maximum absolute atomic E-state index is 12.2. The Kier molecular flexibility index (Phi) is 8.79. The molecule has 1 amide bonds. The molecule has 1 aliphatic rings. The van der Waals surface area contributed by atoms with E-state index in [4.69, 9.17) is 30.5 Å². The molecule has 1 aliphatic heterocycles. The third-order valence-electron chi connectivity index (χ3n) is 5.45. The number of carbonyl (C=O) groups excluding carboxylic acids is 4. The van der Waals surface area contributed by atoms with E-state index in [-0.39, 0.29) is 28.6 Å². The number of aromatic nitrogens is 3. The number of nitrogens with zero attached hydrogens (tertiary/aromatic N) is 4. The van der Waals surface area contributed by atoms with Crippen molar-refractivity contribution >= 4 is 69.7 Å². The molecule has 0 aliphatic carbocycles. The quantitative estimate of drug-likeness (QED) is 0.0871. The second-order valence-corrected chi connectivity index (χ2v) is 9.30. The van der Waals surface area contributed by atoms with E-state index in [0.29, 0.717) is 0 Å². The fraction of sp³-hybridized carbons (Fsp3) is 0.524. The number of rotatable bonds is 9. The van der Waals surface area contributed by atoms with Crippen LogP contribution in [0.25, 0.3) is 11.0 Å². The van der Waals surface area contributed by atoms with Crippen LogP contribution in [-0.4, -0.2) is 79.8 Å². The third kappa shape index (κ3) is 5.81. The molecule has 2 aromatic rings. The highest BCUT2D eigenvalue weighted by molar-refractivity contribution is 7.98. The lowest BCUT2D eigenvalue weighted by atomic mass is 9.95. The van der Waals surface area contributed by atoms with E-state index < -0.39 is 64.3 Å². The summed E-state index contributed by atoms with van der Waals surface area (Å²) in [5.74, 6) is -3.44. The molecule has 17 heteroatoms. The van der Waals surface area contributed by atoms with Gasteiger partial charge in [0.25, 0.3) is 5.69 Å². The number of carbonyl (C=O) groups is 4. The second-order valence-electron chi connectivity index (χ2n) is 8.26. The molecule has 3 rings (SSSR count). The van der Waals surface area contributed by atoms with Gasteiger partial charge in [-0.15, -0.1) is 11.6 Å². The fourth-order valence-corrected chi connectivity index (χ4v) is 4.54. The van der Waals surface area contributed by atoms with Gasteiger partial charge < -0.3 is 24.3 Å². The summed E-state index contributed by atoms with van der Waals surface area (Å²) in [4.78, 5) is 67.5. The van der Waals surface area contributed by atoms with Crippen LogP contribution in [0.2, 0.25) is 0 Å². The summed E-state index contributed by atoms with van der Waals surface area (Å²) in [5, 5.41) is 14.5. The molecule has 0 aromatic carbocycles. The van der Waals surface area contributed by atoms with Crippen LogP contribution in [0, 0.1) is 10.1 Å². The zero-order chi connectivity index (χ0) is 28.4. The zero-order valence-corrected chi connectivity index (χ0v) is 22.5. The average Bonchev–Trinajstić information content (AvgIpc) is 3.32. The van der Waals surface area contributed by atoms with Crippen molar-refractivity contribution in [2.75, 3.05) is 24.1 Å². The fourth-order valence-electron chi connectivity index (χ4n) is 4.11. The molecule has 1 N–H and O–H groups in total. The number of amides is 1. The van der Waals surface area contributed by atoms with Crippen molar-refractivity contribution in [3.8, 4) is 0 Å². The van der Waals surface area contributed by atoms with Crippen molar-refractivity contribution < 1.29 is 43.0 Å². The maximum Gasteiger partial charge on any atom is 0.303 e. The molecule has 3 heterocycles. The van der Waals surface area contributed by atoms with Gasteiger partial charge in [-0.2, -0.15) is 0 Å². The molecule has 2 aromatic heterocycles. The molecule has 4 atom stereocenters. The third-order valence-corrected chi connectivity index (χ3v) is 6.24. The normalized spacial score (nSPS) is 22.6. The predicted molar refractivity (Wildman–Crippen MR) is 132 cm³/mol. The Hall–Kier alpha value is -3.50. The van der Waals surface area contributed by atoms with E-state index in [0.717, 1.165) is 31.8 Å². The van der Waals surface area contributed by atoms with Gasteiger partial charge in [-0.3, -0.25) is 33.9 Å². The van der Waals surface area contributed by atoms with Gasteiger partial charge in [-0.1, -0.05) is 11.8 Å². The molecular weight excluding hydrogens is 550 g/mol. The van der Waals surface area contributed by atoms with Gasteiger partial charge in [-0.25, -0.2) is 9.97 Å². The van der Waals surface area contributed by atoms with Crippen LogP contribution >= 0.6 is 23.4 Å². The van der Waals surface area contributed by atoms with Crippen LogP contribution in [-0.2, 0) is 38.1 Å². The van der Waals surface area contributed by atoms with Crippen LogP contribution < -0.4 is 5.32 Å². The summed E-state index contributed by atoms with van der Waals surface area (Å²) in [6.45, 7) is 4.44. The topological polar surface area (TPSA) is 191 Å². The predicted octanol–water partition coefficient (Wildman–Crippen LogP) is 1.95. The first-order chi connectivity index (χ1) is 17.8. The number of anilines is 1. The smallest absolute Gasteiger partial charge is 0.303 e. The number of hydrogen-bond acceptors (Lipinski definition) is 13. The van der Waals surface area contributed by atoms with Crippen molar-refractivity contribution in [2.45, 2.75) is 56.9 Å². The van der Waals surface area contributed by atoms with Crippen LogP contribution in [0.5, 0.6) is 0 Å². The van der Waals surface area contributed by atoms with E-state index in [1.54, 1.807) is 6.26 Å². The number of hydrogen-bond donors (Lipinski definition) is 1. The lowest BCUT2D eigenvalue weighted by Crippen LogP contribution is -2.50. The molecule has 1 saturated heterocycles. The van der Waals surface area contributed by atoms with Crippen molar-refractivity contribution in [1.29, 1.82) is 0 Å². The van der Waals surface area contributed by atoms with E-state index in [2.05, 4.69) is 15.3 Å². The molecule has 206 valence electrons. The molecule has 0 radical (unpaired) electrons. The molecule has 0 saturated carbocycles. The lowest BCUT2D eigenvalue weighted by molar-refractivity contribution is -0.383. The summed E-state index contributed by atoms with van der Waals surface area (Å²) < 4.78 is 23.4. The molecular formula is C21H24ClN5O10S. The Labute approximate surface area is 224 Å². The first-order valence-corrected chi connectivity index (χ1v) is 12.7. The molecule has 2 unspecified atom stereocenters. The molecule has 15 nitrogen and oxygen atoms in total. The summed E-state index contributed by atoms with van der Waals surface area (Å²) in [7, 11) is 0. The Morgan fingerprint density at radius 3 is 2.45 bits per heavy atom. The number of fused-ring (bicyclic) bond motifs is 1. The number of halogens is 1. The van der Waals surface area contributed by atoms with Crippen LogP contribution in [0.1, 0.15) is 33.9 Å². The summed E-state index contributed by atoms with van der Waals surface area (Å²) in [6, 6.07) is 0. The number of esters is 3. The number of nitrogens with one attached hydrogen (secondary N) is 1. The average molecular weight is 574 g/mol. The Balaban J connectivity index is 2.30. The number of alkyl halides is 1. The SMILES string of the molecule is CSc1nc(NC(=O)CCl)c2c([N+](=O)[O-])cn(C3O[C@H](COC(C)=O)[C@@H](OC(C)=O)C3(C)OC(C)=O)c2n1. The first-order valence-electron chi connectivity index (χ1n) is 10.9. The highest BCUT2D eigenvalue weighted by atomic mass is 35.5. The lowest BCUT2D eigenvalue weighted by Gasteiger charge is -2.34. The second kappa shape index (κ2) is 11.5. The number of nitro groups is 1. The minimum atomic E-state index is -1.77. The van der Waals surface area contributed by atoms with Gasteiger partial charge in [0.15, 0.2) is 34.6 Å². The molecule has 1 fully saturated rings. The van der Waals surface area contributed by atoms with Gasteiger partial charge in [0.05, 0.1) is 11.1 Å². The van der Waals surface area contributed by atoms with Crippen molar-refractivity contribution in [1.82, 2.24) is 14.5 Å². The van der Waals surface area contributed by atoms with Gasteiger partial charge in [0.2, 0.25) is 5.91 Å². The summed E-state index contributed by atoms with van der Waals surface area (Å²) >= 11 is 6.69. The Morgan fingerprint density at radius 1 is 1.24 bits per heavy atom. The van der Waals surface area contributed by atoms with Crippen molar-refractivity contribution in [3.05, 3.63) is 16.3 Å². The van der Waals surface area contributed by atoms with Crippen LogP contribution in [0.4, 0.5) is 11.5 Å². The maximum atomic E-state index is 12.2. The van der Waals surface area contributed by atoms with E-state index >= 15 is 0 Å². The van der Waals surface area contributed by atoms with E-state index in [1.165, 1.54) is 18.4 Å². The van der Waals surface area contributed by atoms with E-state index in [1.807, 2.05) is 0 Å². The van der Waals surface area contributed by atoms with Crippen LogP contribution in [0.3, 0.4) is 0 Å². The first kappa shape index (κ1) is 29.1. The molecule has 38 heavy (non-hydrogen) atoms. The van der Waals surface area contributed by atoms with Crippen LogP contribution in [0.15, 0.2) is 11.4 Å². The highest BCUT2D eigenvalue weighted by Gasteiger charge is 2.60. The number of ether oxygens (including phenoxy) is 4. The zero-order valence-electron chi connectivity index (χ0n) is 20.9.